The Kier molecular flexibility index (Phi) is 5.16. The molecule has 0 spiro atoms. The van der Waals surface area contributed by atoms with Gasteiger partial charge < -0.3 is 19.5 Å². The van der Waals surface area contributed by atoms with Crippen molar-refractivity contribution in [2.45, 2.75) is 25.4 Å². The van der Waals surface area contributed by atoms with E-state index in [4.69, 9.17) is 16.6 Å². The summed E-state index contributed by atoms with van der Waals surface area (Å²) >= 11 is 5.61. The number of hydrogen-bond donors (Lipinski definition) is 1. The van der Waals surface area contributed by atoms with Crippen LogP contribution < -0.4 is 5.32 Å². The first-order valence-electron chi connectivity index (χ1n) is 8.25. The summed E-state index contributed by atoms with van der Waals surface area (Å²) in [4.78, 5) is 8.94. The van der Waals surface area contributed by atoms with E-state index in [0.29, 0.717) is 0 Å². The number of furan rings is 1. The highest BCUT2D eigenvalue weighted by Gasteiger charge is 2.41. The van der Waals surface area contributed by atoms with E-state index >= 15 is 0 Å². The summed E-state index contributed by atoms with van der Waals surface area (Å²) in [5.74, 6) is 1.84. The van der Waals surface area contributed by atoms with Crippen LogP contribution in [0.25, 0.3) is 0 Å². The molecule has 1 aliphatic rings. The van der Waals surface area contributed by atoms with E-state index < -0.39 is 0 Å². The Labute approximate surface area is 148 Å². The Balaban J connectivity index is 1.88. The number of hydrogen-bond acceptors (Lipinski definition) is 4. The first-order chi connectivity index (χ1) is 11.6. The lowest BCUT2D eigenvalue weighted by atomic mass is 10.0. The fraction of sp³-hybridized carbons (Fsp3) is 0.444. The predicted molar refractivity (Wildman–Crippen MR) is 98.8 cm³/mol. The number of aromatic nitrogens is 1. The molecule has 0 aromatic carbocycles. The van der Waals surface area contributed by atoms with Gasteiger partial charge in [0.25, 0.3) is 0 Å². The van der Waals surface area contributed by atoms with Crippen molar-refractivity contribution < 1.29 is 4.42 Å². The zero-order valence-corrected chi connectivity index (χ0v) is 15.2. The molecule has 1 fully saturated rings. The van der Waals surface area contributed by atoms with Crippen LogP contribution in [0.3, 0.4) is 0 Å². The zero-order valence-electron chi connectivity index (χ0n) is 14.4. The van der Waals surface area contributed by atoms with Gasteiger partial charge >= 0.3 is 0 Å². The van der Waals surface area contributed by atoms with Crippen molar-refractivity contribution in [1.29, 1.82) is 0 Å². The van der Waals surface area contributed by atoms with E-state index in [2.05, 4.69) is 34.2 Å². The smallest absolute Gasteiger partial charge is 0.170 e. The quantitative estimate of drug-likeness (QED) is 0.813. The molecule has 1 aliphatic heterocycles. The van der Waals surface area contributed by atoms with Crippen molar-refractivity contribution in [3.8, 4) is 0 Å². The molecule has 3 heterocycles. The van der Waals surface area contributed by atoms with Gasteiger partial charge in [-0.15, -0.1) is 0 Å². The Hall–Kier alpha value is -1.92. The third kappa shape index (κ3) is 3.60. The molecule has 0 amide bonds. The normalized spacial score (nSPS) is 20.7. The van der Waals surface area contributed by atoms with Crippen molar-refractivity contribution in [3.05, 3.63) is 53.7 Å². The molecular formula is C18H24N4OS. The molecule has 0 bridgehead atoms. The lowest BCUT2D eigenvalue weighted by Gasteiger charge is -2.26. The van der Waals surface area contributed by atoms with Crippen molar-refractivity contribution in [2.24, 2.45) is 0 Å². The third-order valence-electron chi connectivity index (χ3n) is 4.25. The van der Waals surface area contributed by atoms with Crippen LogP contribution in [0.5, 0.6) is 0 Å². The average Bonchev–Trinajstić information content (AvgIpc) is 3.12. The second-order valence-electron chi connectivity index (χ2n) is 6.43. The largest absolute Gasteiger partial charge is 0.464 e. The van der Waals surface area contributed by atoms with Gasteiger partial charge in [-0.2, -0.15) is 0 Å². The van der Waals surface area contributed by atoms with Crippen LogP contribution >= 0.6 is 12.2 Å². The van der Waals surface area contributed by atoms with E-state index in [-0.39, 0.29) is 12.1 Å². The molecule has 1 N–H and O–H groups in total. The summed E-state index contributed by atoms with van der Waals surface area (Å²) < 4.78 is 5.95. The lowest BCUT2D eigenvalue weighted by molar-refractivity contribution is 0.257. The van der Waals surface area contributed by atoms with Crippen LogP contribution in [0.1, 0.15) is 35.7 Å². The number of aryl methyl sites for hydroxylation is 1. The average molecular weight is 344 g/mol. The minimum absolute atomic E-state index is 0.00334. The summed E-state index contributed by atoms with van der Waals surface area (Å²) in [5.41, 5.74) is 0.981. The number of rotatable bonds is 6. The Bertz CT molecular complexity index is 685. The molecule has 0 radical (unpaired) electrons. The molecule has 5 nitrogen and oxygen atoms in total. The van der Waals surface area contributed by atoms with Gasteiger partial charge in [0.05, 0.1) is 11.7 Å². The monoisotopic (exact) mass is 344 g/mol. The van der Waals surface area contributed by atoms with E-state index in [9.17, 15) is 0 Å². The zero-order chi connectivity index (χ0) is 17.1. The molecule has 2 atom stereocenters. The summed E-state index contributed by atoms with van der Waals surface area (Å²) in [6, 6.07) is 10.1. The molecule has 0 unspecified atom stereocenters. The fourth-order valence-corrected chi connectivity index (χ4v) is 3.46. The lowest BCUT2D eigenvalue weighted by Crippen LogP contribution is -2.32. The third-order valence-corrected chi connectivity index (χ3v) is 4.61. The Morgan fingerprint density at radius 2 is 2.12 bits per heavy atom. The van der Waals surface area contributed by atoms with Crippen LogP contribution in [0.2, 0.25) is 0 Å². The maximum atomic E-state index is 5.95. The number of nitrogens with one attached hydrogen (secondary N) is 1. The molecule has 0 saturated carbocycles. The van der Waals surface area contributed by atoms with Gasteiger partial charge in [0, 0.05) is 12.7 Å². The molecule has 128 valence electrons. The van der Waals surface area contributed by atoms with Gasteiger partial charge in [0.2, 0.25) is 0 Å². The second kappa shape index (κ2) is 7.32. The minimum atomic E-state index is 0.00334. The van der Waals surface area contributed by atoms with Crippen LogP contribution in [0.4, 0.5) is 0 Å². The van der Waals surface area contributed by atoms with Crippen LogP contribution in [-0.4, -0.2) is 47.1 Å². The molecule has 6 heteroatoms. The highest BCUT2D eigenvalue weighted by atomic mass is 32.1. The predicted octanol–water partition coefficient (Wildman–Crippen LogP) is 2.91. The number of nitrogens with zero attached hydrogens (tertiary/aromatic N) is 3. The molecule has 0 aliphatic carbocycles. The van der Waals surface area contributed by atoms with Crippen LogP contribution in [0, 0.1) is 6.92 Å². The molecule has 2 aromatic heterocycles. The SMILES string of the molecule is Cc1ccc([C@H]2[C@H](c3ccccn3)NC(=S)N2CCCN(C)C)o1. The van der Waals surface area contributed by atoms with Crippen molar-refractivity contribution in [3.63, 3.8) is 0 Å². The highest BCUT2D eigenvalue weighted by Crippen LogP contribution is 2.39. The molecule has 3 rings (SSSR count). The molecular weight excluding hydrogens is 320 g/mol. The summed E-state index contributed by atoms with van der Waals surface area (Å²) in [5, 5.41) is 4.20. The standard InChI is InChI=1S/C18H24N4OS/c1-13-8-9-15(23-13)17-16(14-7-4-5-10-19-14)20-18(24)22(17)12-6-11-21(2)3/h4-5,7-10,16-17H,6,11-12H2,1-3H3,(H,20,24)/t16-,17-/m0/s1. The minimum Gasteiger partial charge on any atom is -0.464 e. The topological polar surface area (TPSA) is 44.5 Å². The van der Waals surface area contributed by atoms with Gasteiger partial charge in [-0.3, -0.25) is 4.98 Å². The van der Waals surface area contributed by atoms with Gasteiger partial charge in [-0.1, -0.05) is 6.07 Å². The van der Waals surface area contributed by atoms with Crippen molar-refractivity contribution >= 4 is 17.3 Å². The van der Waals surface area contributed by atoms with Gasteiger partial charge in [-0.05, 0) is 70.5 Å². The summed E-state index contributed by atoms with van der Waals surface area (Å²) in [6.45, 7) is 3.88. The van der Waals surface area contributed by atoms with Crippen molar-refractivity contribution in [2.75, 3.05) is 27.2 Å². The van der Waals surface area contributed by atoms with Gasteiger partial charge in [0.15, 0.2) is 5.11 Å². The number of pyridine rings is 1. The van der Waals surface area contributed by atoms with Crippen molar-refractivity contribution in [1.82, 2.24) is 20.1 Å². The summed E-state index contributed by atoms with van der Waals surface area (Å²) in [6.07, 6.45) is 2.86. The Morgan fingerprint density at radius 3 is 2.75 bits per heavy atom. The second-order valence-corrected chi connectivity index (χ2v) is 6.81. The van der Waals surface area contributed by atoms with Gasteiger partial charge in [-0.25, -0.2) is 0 Å². The highest BCUT2D eigenvalue weighted by molar-refractivity contribution is 7.80. The summed E-state index contributed by atoms with van der Waals surface area (Å²) in [7, 11) is 4.18. The molecule has 1 saturated heterocycles. The van der Waals surface area contributed by atoms with E-state index in [1.54, 1.807) is 0 Å². The van der Waals surface area contributed by atoms with Gasteiger partial charge in [0.1, 0.15) is 17.6 Å². The first kappa shape index (κ1) is 16.9. The van der Waals surface area contributed by atoms with Crippen LogP contribution in [-0.2, 0) is 0 Å². The fourth-order valence-electron chi connectivity index (χ4n) is 3.12. The molecule has 2 aromatic rings. The first-order valence-corrected chi connectivity index (χ1v) is 8.66. The maximum absolute atomic E-state index is 5.95. The van der Waals surface area contributed by atoms with E-state index in [1.807, 2.05) is 43.5 Å². The Morgan fingerprint density at radius 1 is 1.29 bits per heavy atom. The van der Waals surface area contributed by atoms with E-state index in [1.165, 1.54) is 0 Å². The van der Waals surface area contributed by atoms with Crippen LogP contribution in [0.15, 0.2) is 40.9 Å². The van der Waals surface area contributed by atoms with E-state index in [0.717, 1.165) is 41.8 Å². The number of thiocarbonyl (C=S) groups is 1. The maximum Gasteiger partial charge on any atom is 0.170 e. The molecule has 24 heavy (non-hydrogen) atoms.